The summed E-state index contributed by atoms with van der Waals surface area (Å²) in [6.07, 6.45) is 2.88. The van der Waals surface area contributed by atoms with Crippen molar-refractivity contribution in [3.63, 3.8) is 0 Å². The third-order valence-electron chi connectivity index (χ3n) is 7.08. The van der Waals surface area contributed by atoms with E-state index in [4.69, 9.17) is 10.5 Å². The Morgan fingerprint density at radius 2 is 1.81 bits per heavy atom. The van der Waals surface area contributed by atoms with Crippen LogP contribution in [0.1, 0.15) is 32.6 Å². The monoisotopic (exact) mass is 432 g/mol. The van der Waals surface area contributed by atoms with Crippen molar-refractivity contribution in [2.24, 2.45) is 11.1 Å². The van der Waals surface area contributed by atoms with Crippen LogP contribution in [0, 0.1) is 11.2 Å². The second-order valence-electron chi connectivity index (χ2n) is 9.22. The fraction of sp³-hybridized carbons (Fsp3) is 0.652. The number of anilines is 1. The summed E-state index contributed by atoms with van der Waals surface area (Å²) in [6.45, 7) is 7.45. The van der Waals surface area contributed by atoms with Crippen molar-refractivity contribution < 1.29 is 18.7 Å². The Kier molecular flexibility index (Phi) is 6.48. The summed E-state index contributed by atoms with van der Waals surface area (Å²) in [5, 5.41) is 0. The lowest BCUT2D eigenvalue weighted by molar-refractivity contribution is -0.152. The number of carbonyl (C=O) groups is 2. The molecule has 3 saturated heterocycles. The molecule has 1 spiro atoms. The Bertz CT molecular complexity index is 785. The first-order chi connectivity index (χ1) is 14.9. The Hall–Kier alpha value is -2.19. The second kappa shape index (κ2) is 9.12. The largest absolute Gasteiger partial charge is 0.462 e. The van der Waals surface area contributed by atoms with Crippen LogP contribution in [0.5, 0.6) is 0 Å². The Labute approximate surface area is 183 Å². The molecule has 1 aromatic rings. The number of hydrogen-bond acceptors (Lipinski definition) is 6. The number of benzene rings is 1. The highest BCUT2D eigenvalue weighted by Gasteiger charge is 2.50. The zero-order valence-corrected chi connectivity index (χ0v) is 18.3. The Morgan fingerprint density at radius 3 is 2.42 bits per heavy atom. The van der Waals surface area contributed by atoms with Crippen LogP contribution in [0.4, 0.5) is 10.1 Å². The zero-order chi connectivity index (χ0) is 22.0. The summed E-state index contributed by atoms with van der Waals surface area (Å²) in [5.74, 6) is -0.346. The SMILES string of the molecule is C[C@@H](N)C(=O)N1CCC2(CC1)C[C@H](CCN1CCN(c3ccc(F)cc3)CC1)OC2=O. The predicted molar refractivity (Wildman–Crippen MR) is 116 cm³/mol. The molecule has 2 atom stereocenters. The molecule has 3 fully saturated rings. The predicted octanol–water partition coefficient (Wildman–Crippen LogP) is 1.61. The molecule has 0 radical (unpaired) electrons. The van der Waals surface area contributed by atoms with Gasteiger partial charge in [0, 0.05) is 57.9 Å². The molecule has 170 valence electrons. The molecule has 0 aliphatic carbocycles. The van der Waals surface area contributed by atoms with E-state index in [-0.39, 0.29) is 23.8 Å². The lowest BCUT2D eigenvalue weighted by Crippen LogP contribution is -2.49. The van der Waals surface area contributed by atoms with E-state index in [0.717, 1.165) is 51.3 Å². The van der Waals surface area contributed by atoms with E-state index in [0.29, 0.717) is 25.9 Å². The minimum atomic E-state index is -0.499. The fourth-order valence-corrected chi connectivity index (χ4v) is 5.06. The van der Waals surface area contributed by atoms with Crippen LogP contribution in [-0.4, -0.2) is 79.6 Å². The number of carbonyl (C=O) groups excluding carboxylic acids is 2. The minimum absolute atomic E-state index is 0.0432. The topological polar surface area (TPSA) is 79.1 Å². The molecule has 3 aliphatic rings. The normalized spacial score (nSPS) is 25.0. The van der Waals surface area contributed by atoms with Crippen LogP contribution >= 0.6 is 0 Å². The summed E-state index contributed by atoms with van der Waals surface area (Å²) < 4.78 is 18.9. The number of likely N-dealkylation sites (tertiary alicyclic amines) is 1. The van der Waals surface area contributed by atoms with Crippen LogP contribution in [0.15, 0.2) is 24.3 Å². The first kappa shape index (κ1) is 22.0. The summed E-state index contributed by atoms with van der Waals surface area (Å²) in [4.78, 5) is 31.2. The molecule has 3 heterocycles. The second-order valence-corrected chi connectivity index (χ2v) is 9.22. The highest BCUT2D eigenvalue weighted by Crippen LogP contribution is 2.44. The van der Waals surface area contributed by atoms with Gasteiger partial charge in [0.2, 0.25) is 5.91 Å². The average Bonchev–Trinajstić information content (AvgIpc) is 3.08. The number of esters is 1. The van der Waals surface area contributed by atoms with Crippen LogP contribution in [0.2, 0.25) is 0 Å². The molecule has 2 N–H and O–H groups in total. The van der Waals surface area contributed by atoms with Crippen molar-refractivity contribution in [2.45, 2.75) is 44.8 Å². The van der Waals surface area contributed by atoms with Gasteiger partial charge >= 0.3 is 5.97 Å². The molecule has 0 saturated carbocycles. The van der Waals surface area contributed by atoms with Crippen LogP contribution in [0.25, 0.3) is 0 Å². The highest BCUT2D eigenvalue weighted by molar-refractivity contribution is 5.83. The summed E-state index contributed by atoms with van der Waals surface area (Å²) in [6, 6.07) is 6.16. The van der Waals surface area contributed by atoms with Gasteiger partial charge in [-0.25, -0.2) is 4.39 Å². The van der Waals surface area contributed by atoms with Crippen molar-refractivity contribution in [1.29, 1.82) is 0 Å². The van der Waals surface area contributed by atoms with Gasteiger partial charge in [-0.05, 0) is 50.5 Å². The van der Waals surface area contributed by atoms with E-state index in [1.165, 1.54) is 12.1 Å². The zero-order valence-electron chi connectivity index (χ0n) is 18.3. The highest BCUT2D eigenvalue weighted by atomic mass is 19.1. The van der Waals surface area contributed by atoms with E-state index >= 15 is 0 Å². The van der Waals surface area contributed by atoms with E-state index in [2.05, 4.69) is 9.80 Å². The van der Waals surface area contributed by atoms with E-state index < -0.39 is 11.5 Å². The third-order valence-corrected chi connectivity index (χ3v) is 7.08. The van der Waals surface area contributed by atoms with Crippen LogP contribution in [-0.2, 0) is 14.3 Å². The number of ether oxygens (including phenoxy) is 1. The van der Waals surface area contributed by atoms with Gasteiger partial charge in [-0.2, -0.15) is 0 Å². The molecule has 31 heavy (non-hydrogen) atoms. The van der Waals surface area contributed by atoms with Gasteiger partial charge in [-0.1, -0.05) is 0 Å². The molecular formula is C23H33FN4O3. The average molecular weight is 433 g/mol. The lowest BCUT2D eigenvalue weighted by Gasteiger charge is -2.37. The summed E-state index contributed by atoms with van der Waals surface area (Å²) in [5.41, 5.74) is 6.34. The van der Waals surface area contributed by atoms with Gasteiger partial charge in [0.25, 0.3) is 0 Å². The molecule has 1 amide bonds. The van der Waals surface area contributed by atoms with Gasteiger partial charge in [-0.3, -0.25) is 14.5 Å². The Balaban J connectivity index is 1.22. The number of amides is 1. The number of cyclic esters (lactones) is 1. The number of halogens is 1. The molecule has 4 rings (SSSR count). The summed E-state index contributed by atoms with van der Waals surface area (Å²) in [7, 11) is 0. The van der Waals surface area contributed by atoms with Crippen molar-refractivity contribution >= 4 is 17.6 Å². The number of hydrogen-bond donors (Lipinski definition) is 1. The third kappa shape index (κ3) is 4.85. The standard InChI is InChI=1S/C23H33FN4O3/c1-17(25)21(29)28-10-7-23(8-11-28)16-20(31-22(23)30)6-9-26-12-14-27(15-13-26)19-4-2-18(24)3-5-19/h2-5,17,20H,6-16,25H2,1H3/t17-,20+/m1/s1. The first-order valence-corrected chi connectivity index (χ1v) is 11.3. The van der Waals surface area contributed by atoms with Gasteiger partial charge < -0.3 is 20.3 Å². The maximum absolute atomic E-state index is 13.1. The number of piperidine rings is 1. The molecular weight excluding hydrogens is 399 g/mol. The van der Waals surface area contributed by atoms with Gasteiger partial charge in [-0.15, -0.1) is 0 Å². The number of nitrogens with zero attached hydrogens (tertiary/aromatic N) is 3. The lowest BCUT2D eigenvalue weighted by atomic mass is 9.75. The van der Waals surface area contributed by atoms with Gasteiger partial charge in [0.05, 0.1) is 11.5 Å². The minimum Gasteiger partial charge on any atom is -0.462 e. The molecule has 1 aromatic carbocycles. The van der Waals surface area contributed by atoms with Crippen molar-refractivity contribution in [3.8, 4) is 0 Å². The molecule has 0 unspecified atom stereocenters. The quantitative estimate of drug-likeness (QED) is 0.713. The number of piperazine rings is 1. The van der Waals surface area contributed by atoms with E-state index in [1.54, 1.807) is 11.8 Å². The molecule has 3 aliphatic heterocycles. The molecule has 8 heteroatoms. The van der Waals surface area contributed by atoms with Crippen LogP contribution in [0.3, 0.4) is 0 Å². The van der Waals surface area contributed by atoms with Crippen molar-refractivity contribution in [3.05, 3.63) is 30.1 Å². The van der Waals surface area contributed by atoms with Gasteiger partial charge in [0.15, 0.2) is 0 Å². The van der Waals surface area contributed by atoms with Crippen molar-refractivity contribution in [1.82, 2.24) is 9.80 Å². The van der Waals surface area contributed by atoms with Crippen LogP contribution < -0.4 is 10.6 Å². The first-order valence-electron chi connectivity index (χ1n) is 11.3. The van der Waals surface area contributed by atoms with Gasteiger partial charge in [0.1, 0.15) is 11.9 Å². The Morgan fingerprint density at radius 1 is 1.16 bits per heavy atom. The number of rotatable bonds is 5. The number of nitrogens with two attached hydrogens (primary N) is 1. The molecule has 0 bridgehead atoms. The van der Waals surface area contributed by atoms with E-state index in [9.17, 15) is 14.0 Å². The smallest absolute Gasteiger partial charge is 0.312 e. The maximum atomic E-state index is 13.1. The summed E-state index contributed by atoms with van der Waals surface area (Å²) >= 11 is 0. The fourth-order valence-electron chi connectivity index (χ4n) is 5.06. The van der Waals surface area contributed by atoms with E-state index in [1.807, 2.05) is 12.1 Å². The maximum Gasteiger partial charge on any atom is 0.312 e. The van der Waals surface area contributed by atoms with Crippen molar-refractivity contribution in [2.75, 3.05) is 50.7 Å². The molecule has 0 aromatic heterocycles. The molecule has 7 nitrogen and oxygen atoms in total.